The Morgan fingerprint density at radius 3 is 2.75 bits per heavy atom. The summed E-state index contributed by atoms with van der Waals surface area (Å²) >= 11 is 3.66. The highest BCUT2D eigenvalue weighted by Crippen LogP contribution is 2.40. The van der Waals surface area contributed by atoms with Crippen LogP contribution < -0.4 is 10.2 Å². The van der Waals surface area contributed by atoms with Gasteiger partial charge in [-0.3, -0.25) is 0 Å². The van der Waals surface area contributed by atoms with Gasteiger partial charge in [0.15, 0.2) is 0 Å². The molecule has 20 heavy (non-hydrogen) atoms. The number of piperazine rings is 1. The number of hydrogen-bond donors (Lipinski definition) is 1. The molecular weight excluding hydrogens is 314 g/mol. The summed E-state index contributed by atoms with van der Waals surface area (Å²) in [6.07, 6.45) is 6.56. The van der Waals surface area contributed by atoms with Crippen molar-refractivity contribution in [3.8, 4) is 6.07 Å². The molecule has 2 aliphatic rings. The second kappa shape index (κ2) is 5.75. The fraction of sp³-hybridized carbons (Fsp3) is 0.562. The van der Waals surface area contributed by atoms with Gasteiger partial charge in [-0.1, -0.05) is 19.3 Å². The maximum atomic E-state index is 9.01. The molecule has 1 N–H and O–H groups in total. The summed E-state index contributed by atoms with van der Waals surface area (Å²) in [5.41, 5.74) is 2.23. The Morgan fingerprint density at radius 2 is 2.05 bits per heavy atom. The number of benzene rings is 1. The standard InChI is InChI=1S/C16H20BrN3/c17-14-10-13(11-18)4-5-15(14)20-9-8-19-12-16(20)6-2-1-3-7-16/h4-5,10,19H,1-3,6-9,12H2. The number of nitrogens with zero attached hydrogens (tertiary/aromatic N) is 2. The Balaban J connectivity index is 1.96. The minimum absolute atomic E-state index is 0.271. The summed E-state index contributed by atoms with van der Waals surface area (Å²) in [6, 6.07) is 8.18. The Kier molecular flexibility index (Phi) is 4.00. The van der Waals surface area contributed by atoms with Crippen molar-refractivity contribution >= 4 is 21.6 Å². The van der Waals surface area contributed by atoms with E-state index in [-0.39, 0.29) is 5.54 Å². The van der Waals surface area contributed by atoms with E-state index in [0.29, 0.717) is 5.56 Å². The van der Waals surface area contributed by atoms with Gasteiger partial charge in [0.25, 0.3) is 0 Å². The van der Waals surface area contributed by atoms with Crippen LogP contribution in [-0.2, 0) is 0 Å². The lowest BCUT2D eigenvalue weighted by molar-refractivity contribution is 0.241. The summed E-state index contributed by atoms with van der Waals surface area (Å²) in [7, 11) is 0. The molecule has 1 heterocycles. The van der Waals surface area contributed by atoms with Crippen molar-refractivity contribution < 1.29 is 0 Å². The molecule has 1 aliphatic heterocycles. The van der Waals surface area contributed by atoms with Gasteiger partial charge in [0, 0.05) is 24.1 Å². The van der Waals surface area contributed by atoms with Gasteiger partial charge in [0.2, 0.25) is 0 Å². The van der Waals surface area contributed by atoms with E-state index in [1.54, 1.807) is 0 Å². The molecule has 1 aliphatic carbocycles. The summed E-state index contributed by atoms with van der Waals surface area (Å²) in [4.78, 5) is 2.58. The molecule has 0 unspecified atom stereocenters. The van der Waals surface area contributed by atoms with E-state index in [1.165, 1.54) is 37.8 Å². The van der Waals surface area contributed by atoms with Crippen LogP contribution in [0.1, 0.15) is 37.7 Å². The maximum absolute atomic E-state index is 9.01. The minimum Gasteiger partial charge on any atom is -0.362 e. The lowest BCUT2D eigenvalue weighted by Crippen LogP contribution is -2.62. The second-order valence-electron chi connectivity index (χ2n) is 5.89. The Morgan fingerprint density at radius 1 is 1.25 bits per heavy atom. The average molecular weight is 334 g/mol. The summed E-state index contributed by atoms with van der Waals surface area (Å²) in [5.74, 6) is 0. The first-order valence-corrected chi connectivity index (χ1v) is 8.22. The number of nitriles is 1. The second-order valence-corrected chi connectivity index (χ2v) is 6.75. The maximum Gasteiger partial charge on any atom is 0.0992 e. The van der Waals surface area contributed by atoms with Gasteiger partial charge >= 0.3 is 0 Å². The van der Waals surface area contributed by atoms with Crippen LogP contribution in [0.25, 0.3) is 0 Å². The molecule has 1 aromatic carbocycles. The smallest absolute Gasteiger partial charge is 0.0992 e. The largest absolute Gasteiger partial charge is 0.362 e. The Hall–Kier alpha value is -1.05. The normalized spacial score (nSPS) is 21.7. The van der Waals surface area contributed by atoms with Crippen LogP contribution in [0.5, 0.6) is 0 Å². The molecule has 0 atom stereocenters. The zero-order chi connectivity index (χ0) is 14.0. The molecule has 0 aromatic heterocycles. The molecule has 4 heteroatoms. The highest BCUT2D eigenvalue weighted by molar-refractivity contribution is 9.10. The van der Waals surface area contributed by atoms with Crippen LogP contribution in [0.3, 0.4) is 0 Å². The fourth-order valence-corrected chi connectivity index (χ4v) is 4.27. The van der Waals surface area contributed by atoms with E-state index < -0.39 is 0 Å². The third-order valence-electron chi connectivity index (χ3n) is 4.69. The van der Waals surface area contributed by atoms with Crippen molar-refractivity contribution in [1.82, 2.24) is 5.32 Å². The molecule has 1 aromatic rings. The van der Waals surface area contributed by atoms with Gasteiger partial charge in [-0.2, -0.15) is 5.26 Å². The van der Waals surface area contributed by atoms with E-state index in [2.05, 4.69) is 38.3 Å². The highest BCUT2D eigenvalue weighted by Gasteiger charge is 2.40. The zero-order valence-electron chi connectivity index (χ0n) is 11.7. The molecule has 1 spiro atoms. The first-order chi connectivity index (χ1) is 9.75. The van der Waals surface area contributed by atoms with Gasteiger partial charge in [-0.15, -0.1) is 0 Å². The summed E-state index contributed by atoms with van der Waals surface area (Å²) in [6.45, 7) is 3.16. The van der Waals surface area contributed by atoms with Crippen molar-refractivity contribution in [3.05, 3.63) is 28.2 Å². The molecule has 0 bridgehead atoms. The van der Waals surface area contributed by atoms with Crippen LogP contribution in [0.2, 0.25) is 0 Å². The third kappa shape index (κ3) is 2.45. The van der Waals surface area contributed by atoms with Crippen molar-refractivity contribution in [3.63, 3.8) is 0 Å². The van der Waals surface area contributed by atoms with Crippen LogP contribution in [-0.4, -0.2) is 25.2 Å². The molecular formula is C16H20BrN3. The lowest BCUT2D eigenvalue weighted by atomic mass is 9.78. The van der Waals surface area contributed by atoms with Crippen molar-refractivity contribution in [2.24, 2.45) is 0 Å². The van der Waals surface area contributed by atoms with Crippen LogP contribution >= 0.6 is 15.9 Å². The van der Waals surface area contributed by atoms with E-state index in [9.17, 15) is 0 Å². The Bertz CT molecular complexity index is 521. The summed E-state index contributed by atoms with van der Waals surface area (Å²) < 4.78 is 1.04. The molecule has 1 saturated heterocycles. The van der Waals surface area contributed by atoms with E-state index in [4.69, 9.17) is 5.26 Å². The van der Waals surface area contributed by atoms with Gasteiger partial charge in [-0.05, 0) is 47.0 Å². The number of rotatable bonds is 1. The van der Waals surface area contributed by atoms with Gasteiger partial charge in [0.05, 0.1) is 22.9 Å². The monoisotopic (exact) mass is 333 g/mol. The van der Waals surface area contributed by atoms with Crippen LogP contribution in [0.15, 0.2) is 22.7 Å². The average Bonchev–Trinajstić information content (AvgIpc) is 2.49. The molecule has 1 saturated carbocycles. The molecule has 0 radical (unpaired) electrons. The number of nitrogens with one attached hydrogen (secondary N) is 1. The topological polar surface area (TPSA) is 39.1 Å². The lowest BCUT2D eigenvalue weighted by Gasteiger charge is -2.51. The van der Waals surface area contributed by atoms with E-state index in [1.807, 2.05) is 12.1 Å². The SMILES string of the molecule is N#Cc1ccc(N2CCNCC23CCCCC3)c(Br)c1. The zero-order valence-corrected chi connectivity index (χ0v) is 13.2. The number of halogens is 1. The molecule has 2 fully saturated rings. The third-order valence-corrected chi connectivity index (χ3v) is 5.33. The number of anilines is 1. The first kappa shape index (κ1) is 13.9. The molecule has 3 nitrogen and oxygen atoms in total. The highest BCUT2D eigenvalue weighted by atomic mass is 79.9. The van der Waals surface area contributed by atoms with Gasteiger partial charge < -0.3 is 10.2 Å². The van der Waals surface area contributed by atoms with Crippen molar-refractivity contribution in [1.29, 1.82) is 5.26 Å². The van der Waals surface area contributed by atoms with Gasteiger partial charge in [-0.25, -0.2) is 0 Å². The fourth-order valence-electron chi connectivity index (χ4n) is 3.67. The molecule has 106 valence electrons. The molecule has 3 rings (SSSR count). The van der Waals surface area contributed by atoms with Crippen molar-refractivity contribution in [2.75, 3.05) is 24.5 Å². The van der Waals surface area contributed by atoms with Crippen LogP contribution in [0.4, 0.5) is 5.69 Å². The summed E-state index contributed by atoms with van der Waals surface area (Å²) in [5, 5.41) is 12.6. The predicted octanol–water partition coefficient (Wildman–Crippen LogP) is 3.43. The van der Waals surface area contributed by atoms with Crippen molar-refractivity contribution in [2.45, 2.75) is 37.6 Å². The first-order valence-electron chi connectivity index (χ1n) is 7.43. The van der Waals surface area contributed by atoms with E-state index in [0.717, 1.165) is 24.1 Å². The quantitative estimate of drug-likeness (QED) is 0.855. The Labute approximate surface area is 129 Å². The minimum atomic E-state index is 0.271. The number of hydrogen-bond acceptors (Lipinski definition) is 3. The van der Waals surface area contributed by atoms with Crippen LogP contribution in [0, 0.1) is 11.3 Å². The molecule has 0 amide bonds. The van der Waals surface area contributed by atoms with Gasteiger partial charge in [0.1, 0.15) is 0 Å². The van der Waals surface area contributed by atoms with E-state index >= 15 is 0 Å². The predicted molar refractivity (Wildman–Crippen MR) is 84.9 cm³/mol.